The number of halogens is 1. The van der Waals surface area contributed by atoms with E-state index in [0.717, 1.165) is 11.3 Å². The van der Waals surface area contributed by atoms with Crippen LogP contribution >= 0.6 is 46.9 Å². The number of fused-ring (bicyclic) bond motifs is 1. The number of thioether (sulfide) groups is 1. The Bertz CT molecular complexity index is 1410. The molecule has 2 aromatic heterocycles. The number of anilines is 1. The fraction of sp³-hybridized carbons (Fsp3) is 0.143. The van der Waals surface area contributed by atoms with Gasteiger partial charge >= 0.3 is 0 Å². The highest BCUT2D eigenvalue weighted by atomic mass is 35.5. The molecule has 4 rings (SSSR count). The third kappa shape index (κ3) is 4.45. The number of aryl methyl sites for hydroxylation is 1. The van der Waals surface area contributed by atoms with Gasteiger partial charge in [-0.2, -0.15) is 0 Å². The summed E-state index contributed by atoms with van der Waals surface area (Å²) in [6.45, 7) is 1.89. The molecule has 0 saturated heterocycles. The lowest BCUT2D eigenvalue weighted by Gasteiger charge is -2.10. The molecule has 6 nitrogen and oxygen atoms in total. The van der Waals surface area contributed by atoms with E-state index in [2.05, 4.69) is 10.3 Å². The molecule has 0 aliphatic heterocycles. The first kappa shape index (κ1) is 21.8. The minimum atomic E-state index is -0.213. The molecule has 158 valence electrons. The van der Waals surface area contributed by atoms with Gasteiger partial charge in [0.05, 0.1) is 5.75 Å². The van der Waals surface area contributed by atoms with Gasteiger partial charge in [-0.3, -0.25) is 18.7 Å². The number of para-hydroxylation sites is 1. The van der Waals surface area contributed by atoms with Crippen molar-refractivity contribution in [1.29, 1.82) is 0 Å². The Balaban J connectivity index is 1.64. The third-order valence-corrected chi connectivity index (χ3v) is 7.21. The number of hydrogen-bond acceptors (Lipinski definition) is 6. The number of thiazole rings is 1. The van der Waals surface area contributed by atoms with Gasteiger partial charge in [0, 0.05) is 23.4 Å². The fourth-order valence-corrected chi connectivity index (χ4v) is 5.27. The molecule has 4 aromatic rings. The summed E-state index contributed by atoms with van der Waals surface area (Å²) in [4.78, 5) is 30.1. The van der Waals surface area contributed by atoms with Crippen LogP contribution in [-0.2, 0) is 11.8 Å². The molecule has 0 atom stereocenters. The topological polar surface area (TPSA) is 68.9 Å². The summed E-state index contributed by atoms with van der Waals surface area (Å²) in [6.07, 6.45) is 0. The summed E-state index contributed by atoms with van der Waals surface area (Å²) in [5, 5.41) is 3.84. The summed E-state index contributed by atoms with van der Waals surface area (Å²) in [7, 11) is 1.64. The number of carbonyl (C=O) groups excluding carboxylic acids is 1. The molecular formula is C21H17ClN4O2S3. The summed E-state index contributed by atoms with van der Waals surface area (Å²) in [6, 6.07) is 14.9. The van der Waals surface area contributed by atoms with Crippen molar-refractivity contribution >= 4 is 68.9 Å². The molecule has 0 spiro atoms. The number of nitrogens with zero attached hydrogens (tertiary/aromatic N) is 3. The van der Waals surface area contributed by atoms with Gasteiger partial charge in [-0.25, -0.2) is 4.98 Å². The maximum Gasteiger partial charge on any atom is 0.273 e. The van der Waals surface area contributed by atoms with Gasteiger partial charge in [0.25, 0.3) is 5.56 Å². The Kier molecular flexibility index (Phi) is 6.29. The van der Waals surface area contributed by atoms with Crippen LogP contribution in [0.1, 0.15) is 5.56 Å². The number of rotatable bonds is 5. The maximum atomic E-state index is 12.9. The molecule has 0 aliphatic carbocycles. The second-order valence-corrected chi connectivity index (χ2v) is 9.77. The van der Waals surface area contributed by atoms with Gasteiger partial charge in [0.2, 0.25) is 5.91 Å². The van der Waals surface area contributed by atoms with Gasteiger partial charge in [0.15, 0.2) is 14.8 Å². The van der Waals surface area contributed by atoms with Gasteiger partial charge < -0.3 is 5.32 Å². The second-order valence-electron chi connectivity index (χ2n) is 6.75. The van der Waals surface area contributed by atoms with Crippen molar-refractivity contribution in [2.24, 2.45) is 7.05 Å². The molecule has 0 bridgehead atoms. The Labute approximate surface area is 196 Å². The predicted molar refractivity (Wildman–Crippen MR) is 131 cm³/mol. The first-order valence-electron chi connectivity index (χ1n) is 9.22. The molecule has 1 N–H and O–H groups in total. The molecule has 0 fully saturated rings. The molecule has 2 aromatic carbocycles. The monoisotopic (exact) mass is 488 g/mol. The zero-order valence-corrected chi connectivity index (χ0v) is 19.8. The third-order valence-electron chi connectivity index (χ3n) is 4.59. The first-order chi connectivity index (χ1) is 14.8. The lowest BCUT2D eigenvalue weighted by atomic mass is 10.2. The van der Waals surface area contributed by atoms with Crippen molar-refractivity contribution in [3.63, 3.8) is 0 Å². The highest BCUT2D eigenvalue weighted by molar-refractivity contribution is 7.99. The predicted octanol–water partition coefficient (Wildman–Crippen LogP) is 5.21. The first-order valence-corrected chi connectivity index (χ1v) is 11.8. The summed E-state index contributed by atoms with van der Waals surface area (Å²) in [5.74, 6) is -0.122. The minimum Gasteiger partial charge on any atom is -0.325 e. The van der Waals surface area contributed by atoms with Crippen LogP contribution in [0.5, 0.6) is 0 Å². The zero-order valence-electron chi connectivity index (χ0n) is 16.6. The molecule has 0 radical (unpaired) electrons. The van der Waals surface area contributed by atoms with E-state index in [1.165, 1.54) is 27.7 Å². The molecular weight excluding hydrogens is 472 g/mol. The average Bonchev–Trinajstić information content (AvgIpc) is 3.09. The SMILES string of the molecule is Cc1ccc(Cl)cc1NC(=O)CSc1nc2c(sc(=S)n2-c2ccccc2)c(=O)n1C. The number of carbonyl (C=O) groups is 1. The minimum absolute atomic E-state index is 0.0912. The van der Waals surface area contributed by atoms with Crippen molar-refractivity contribution in [2.75, 3.05) is 11.1 Å². The lowest BCUT2D eigenvalue weighted by molar-refractivity contribution is -0.113. The van der Waals surface area contributed by atoms with E-state index in [4.69, 9.17) is 23.8 Å². The number of nitrogens with one attached hydrogen (secondary N) is 1. The van der Waals surface area contributed by atoms with Gasteiger partial charge in [-0.1, -0.05) is 59.0 Å². The van der Waals surface area contributed by atoms with Crippen molar-refractivity contribution < 1.29 is 4.79 Å². The van der Waals surface area contributed by atoms with E-state index >= 15 is 0 Å². The highest BCUT2D eigenvalue weighted by Crippen LogP contribution is 2.26. The van der Waals surface area contributed by atoms with Crippen LogP contribution < -0.4 is 10.9 Å². The molecule has 0 saturated carbocycles. The largest absolute Gasteiger partial charge is 0.325 e. The number of aromatic nitrogens is 3. The van der Waals surface area contributed by atoms with Crippen LogP contribution in [0.15, 0.2) is 58.5 Å². The summed E-state index contributed by atoms with van der Waals surface area (Å²) >= 11 is 13.9. The quantitative estimate of drug-likeness (QED) is 0.237. The zero-order chi connectivity index (χ0) is 22.1. The van der Waals surface area contributed by atoms with Crippen LogP contribution in [0.4, 0.5) is 5.69 Å². The number of amides is 1. The molecule has 0 aliphatic rings. The van der Waals surface area contributed by atoms with E-state index in [-0.39, 0.29) is 17.2 Å². The Hall–Kier alpha value is -2.46. The van der Waals surface area contributed by atoms with E-state index in [9.17, 15) is 9.59 Å². The molecule has 10 heteroatoms. The van der Waals surface area contributed by atoms with Crippen molar-refractivity contribution in [2.45, 2.75) is 12.1 Å². The van der Waals surface area contributed by atoms with Crippen LogP contribution in [-0.4, -0.2) is 25.8 Å². The van der Waals surface area contributed by atoms with Crippen molar-refractivity contribution in [1.82, 2.24) is 14.1 Å². The van der Waals surface area contributed by atoms with Crippen LogP contribution in [0.3, 0.4) is 0 Å². The van der Waals surface area contributed by atoms with Gasteiger partial charge in [-0.05, 0) is 49.0 Å². The summed E-state index contributed by atoms with van der Waals surface area (Å²) < 4.78 is 4.27. The highest BCUT2D eigenvalue weighted by Gasteiger charge is 2.17. The Morgan fingerprint density at radius 3 is 2.74 bits per heavy atom. The van der Waals surface area contributed by atoms with Crippen molar-refractivity contribution in [3.05, 3.63) is 73.4 Å². The number of benzene rings is 2. The standard InChI is InChI=1S/C21H17ClN4O2S3/c1-12-8-9-13(22)10-15(12)23-16(27)11-30-20-24-18-17(19(28)25(20)2)31-21(29)26(18)14-6-4-3-5-7-14/h3-10H,11H2,1-2H3,(H,23,27). The van der Waals surface area contributed by atoms with Crippen LogP contribution in [0, 0.1) is 10.9 Å². The normalized spacial score (nSPS) is 11.1. The molecule has 31 heavy (non-hydrogen) atoms. The van der Waals surface area contributed by atoms with E-state index in [1.807, 2.05) is 43.3 Å². The van der Waals surface area contributed by atoms with E-state index in [0.29, 0.717) is 30.2 Å². The second kappa shape index (κ2) is 8.96. The molecule has 2 heterocycles. The molecule has 1 amide bonds. The summed E-state index contributed by atoms with van der Waals surface area (Å²) in [5.41, 5.74) is 2.72. The van der Waals surface area contributed by atoms with Gasteiger partial charge in [-0.15, -0.1) is 0 Å². The Morgan fingerprint density at radius 1 is 1.26 bits per heavy atom. The molecule has 0 unspecified atom stereocenters. The Morgan fingerprint density at radius 2 is 2.00 bits per heavy atom. The van der Waals surface area contributed by atoms with E-state index in [1.54, 1.807) is 23.7 Å². The maximum absolute atomic E-state index is 12.9. The van der Waals surface area contributed by atoms with Gasteiger partial charge in [0.1, 0.15) is 4.70 Å². The van der Waals surface area contributed by atoms with Crippen LogP contribution in [0.2, 0.25) is 5.02 Å². The van der Waals surface area contributed by atoms with Crippen LogP contribution in [0.25, 0.3) is 16.0 Å². The average molecular weight is 489 g/mol. The van der Waals surface area contributed by atoms with Crippen molar-refractivity contribution in [3.8, 4) is 5.69 Å². The van der Waals surface area contributed by atoms with E-state index < -0.39 is 0 Å². The smallest absolute Gasteiger partial charge is 0.273 e. The fourth-order valence-electron chi connectivity index (χ4n) is 2.99. The number of hydrogen-bond donors (Lipinski definition) is 1. The lowest BCUT2D eigenvalue weighted by Crippen LogP contribution is -2.21.